The highest BCUT2D eigenvalue weighted by atomic mass is 16.5. The Balaban J connectivity index is 3.03. The maximum absolute atomic E-state index is 11.4. The highest BCUT2D eigenvalue weighted by molar-refractivity contribution is 6.00. The van der Waals surface area contributed by atoms with Crippen LogP contribution in [0.1, 0.15) is 21.5 Å². The maximum atomic E-state index is 11.4. The zero-order chi connectivity index (χ0) is 13.7. The number of aryl methyl sites for hydroxylation is 2. The van der Waals surface area contributed by atoms with Crippen LogP contribution in [0.25, 0.3) is 0 Å². The van der Waals surface area contributed by atoms with Crippen LogP contribution in [0.4, 0.5) is 10.5 Å². The van der Waals surface area contributed by atoms with Gasteiger partial charge in [0.2, 0.25) is 0 Å². The number of carbonyl (C=O) groups is 2. The van der Waals surface area contributed by atoms with Crippen LogP contribution in [0.15, 0.2) is 24.8 Å². The number of nitrogens with one attached hydrogen (secondary N) is 1. The van der Waals surface area contributed by atoms with Gasteiger partial charge in [0.05, 0.1) is 11.3 Å². The van der Waals surface area contributed by atoms with E-state index < -0.39 is 12.1 Å². The van der Waals surface area contributed by atoms with Gasteiger partial charge in [-0.1, -0.05) is 18.7 Å². The molecule has 0 atom stereocenters. The van der Waals surface area contributed by atoms with E-state index in [1.54, 1.807) is 19.1 Å². The van der Waals surface area contributed by atoms with E-state index in [0.29, 0.717) is 5.56 Å². The molecule has 0 aliphatic rings. The number of hydrogen-bond acceptors (Lipinski definition) is 3. The molecule has 96 valence electrons. The molecule has 5 heteroatoms. The maximum Gasteiger partial charge on any atom is 0.411 e. The standard InChI is InChI=1S/C13H15NO4/c1-4-5-18-13(17)14-10-7-8(2)6-9(3)11(10)12(15)16/h4,6-7H,1,5H2,2-3H3,(H,14,17)(H,15,16). The quantitative estimate of drug-likeness (QED) is 0.804. The van der Waals surface area contributed by atoms with Gasteiger partial charge >= 0.3 is 12.1 Å². The van der Waals surface area contributed by atoms with Crippen molar-refractivity contribution in [1.82, 2.24) is 0 Å². The first kappa shape index (κ1) is 13.8. The van der Waals surface area contributed by atoms with Crippen molar-refractivity contribution in [3.63, 3.8) is 0 Å². The number of rotatable bonds is 4. The third-order valence-corrected chi connectivity index (χ3v) is 2.26. The Kier molecular flexibility index (Phi) is 4.48. The molecule has 0 saturated heterocycles. The van der Waals surface area contributed by atoms with Crippen LogP contribution in [-0.2, 0) is 4.74 Å². The summed E-state index contributed by atoms with van der Waals surface area (Å²) in [5.41, 5.74) is 1.74. The fraction of sp³-hybridized carbons (Fsp3) is 0.231. The van der Waals surface area contributed by atoms with Crippen LogP contribution < -0.4 is 5.32 Å². The molecule has 18 heavy (non-hydrogen) atoms. The van der Waals surface area contributed by atoms with E-state index in [4.69, 9.17) is 9.84 Å². The molecule has 1 aromatic carbocycles. The number of benzene rings is 1. The van der Waals surface area contributed by atoms with Crippen LogP contribution in [-0.4, -0.2) is 23.8 Å². The summed E-state index contributed by atoms with van der Waals surface area (Å²) < 4.78 is 4.75. The molecule has 0 bridgehead atoms. The van der Waals surface area contributed by atoms with Crippen LogP contribution >= 0.6 is 0 Å². The topological polar surface area (TPSA) is 75.6 Å². The third-order valence-electron chi connectivity index (χ3n) is 2.26. The fourth-order valence-electron chi connectivity index (χ4n) is 1.63. The molecule has 0 saturated carbocycles. The molecule has 1 aromatic rings. The van der Waals surface area contributed by atoms with Gasteiger partial charge in [0.1, 0.15) is 6.61 Å². The minimum Gasteiger partial charge on any atom is -0.478 e. The van der Waals surface area contributed by atoms with Gasteiger partial charge in [-0.25, -0.2) is 9.59 Å². The SMILES string of the molecule is C=CCOC(=O)Nc1cc(C)cc(C)c1C(=O)O. The van der Waals surface area contributed by atoms with E-state index in [9.17, 15) is 9.59 Å². The Hall–Kier alpha value is -2.30. The van der Waals surface area contributed by atoms with Gasteiger partial charge in [-0.15, -0.1) is 0 Å². The first-order valence-corrected chi connectivity index (χ1v) is 5.35. The molecule has 2 N–H and O–H groups in total. The number of hydrogen-bond donors (Lipinski definition) is 2. The van der Waals surface area contributed by atoms with Crippen LogP contribution in [0.5, 0.6) is 0 Å². The number of ether oxygens (including phenoxy) is 1. The average Bonchev–Trinajstić information content (AvgIpc) is 2.24. The molecular weight excluding hydrogens is 234 g/mol. The number of carbonyl (C=O) groups excluding carboxylic acids is 1. The van der Waals surface area contributed by atoms with Gasteiger partial charge in [0.15, 0.2) is 0 Å². The van der Waals surface area contributed by atoms with Crippen molar-refractivity contribution in [3.8, 4) is 0 Å². The van der Waals surface area contributed by atoms with Crippen LogP contribution in [0.2, 0.25) is 0 Å². The van der Waals surface area contributed by atoms with Gasteiger partial charge in [-0.2, -0.15) is 0 Å². The first-order chi connectivity index (χ1) is 8.45. The second kappa shape index (κ2) is 5.86. The van der Waals surface area contributed by atoms with Crippen molar-refractivity contribution in [1.29, 1.82) is 0 Å². The lowest BCUT2D eigenvalue weighted by Crippen LogP contribution is -2.17. The summed E-state index contributed by atoms with van der Waals surface area (Å²) in [6.07, 6.45) is 0.724. The molecule has 1 amide bonds. The average molecular weight is 249 g/mol. The monoisotopic (exact) mass is 249 g/mol. The Bertz CT molecular complexity index is 494. The van der Waals surface area contributed by atoms with Gasteiger partial charge in [0.25, 0.3) is 0 Å². The Morgan fingerprint density at radius 3 is 2.67 bits per heavy atom. The zero-order valence-electron chi connectivity index (χ0n) is 10.3. The summed E-state index contributed by atoms with van der Waals surface area (Å²) in [5.74, 6) is -1.09. The van der Waals surface area contributed by atoms with Crippen molar-refractivity contribution < 1.29 is 19.4 Å². The predicted octanol–water partition coefficient (Wildman–Crippen LogP) is 2.74. The van der Waals surface area contributed by atoms with E-state index in [1.165, 1.54) is 6.08 Å². The lowest BCUT2D eigenvalue weighted by molar-refractivity contribution is 0.0697. The number of aromatic carboxylic acids is 1. The third kappa shape index (κ3) is 3.35. The smallest absolute Gasteiger partial charge is 0.411 e. The molecule has 0 aromatic heterocycles. The molecule has 0 aliphatic carbocycles. The van der Waals surface area contributed by atoms with E-state index in [0.717, 1.165) is 5.56 Å². The summed E-state index contributed by atoms with van der Waals surface area (Å²) in [6.45, 7) is 6.98. The Morgan fingerprint density at radius 2 is 2.11 bits per heavy atom. The lowest BCUT2D eigenvalue weighted by Gasteiger charge is -2.11. The first-order valence-electron chi connectivity index (χ1n) is 5.35. The minimum absolute atomic E-state index is 0.0659. The lowest BCUT2D eigenvalue weighted by atomic mass is 10.0. The number of anilines is 1. The summed E-state index contributed by atoms with van der Waals surface area (Å²) in [4.78, 5) is 22.5. The largest absolute Gasteiger partial charge is 0.478 e. The highest BCUT2D eigenvalue weighted by Crippen LogP contribution is 2.22. The fourth-order valence-corrected chi connectivity index (χ4v) is 1.63. The number of carboxylic acids is 1. The van der Waals surface area contributed by atoms with Crippen molar-refractivity contribution in [2.75, 3.05) is 11.9 Å². The number of carboxylic acid groups (broad SMARTS) is 1. The highest BCUT2D eigenvalue weighted by Gasteiger charge is 2.16. The second-order valence-electron chi connectivity index (χ2n) is 3.82. The van der Waals surface area contributed by atoms with Crippen LogP contribution in [0, 0.1) is 13.8 Å². The summed E-state index contributed by atoms with van der Waals surface area (Å²) in [6, 6.07) is 3.33. The molecule has 0 heterocycles. The van der Waals surface area contributed by atoms with Crippen molar-refractivity contribution >= 4 is 17.7 Å². The van der Waals surface area contributed by atoms with E-state index in [1.807, 2.05) is 6.92 Å². The molecule has 0 unspecified atom stereocenters. The molecule has 0 radical (unpaired) electrons. The summed E-state index contributed by atoms with van der Waals surface area (Å²) >= 11 is 0. The summed E-state index contributed by atoms with van der Waals surface area (Å²) in [5, 5.41) is 11.5. The molecule has 0 fully saturated rings. The second-order valence-corrected chi connectivity index (χ2v) is 3.82. The van der Waals surface area contributed by atoms with Crippen molar-refractivity contribution in [2.24, 2.45) is 0 Å². The minimum atomic E-state index is -1.09. The van der Waals surface area contributed by atoms with Gasteiger partial charge in [-0.05, 0) is 31.0 Å². The number of amides is 1. The van der Waals surface area contributed by atoms with Crippen molar-refractivity contribution in [3.05, 3.63) is 41.5 Å². The zero-order valence-corrected chi connectivity index (χ0v) is 10.3. The van der Waals surface area contributed by atoms with E-state index in [2.05, 4.69) is 11.9 Å². The molecular formula is C13H15NO4. The Morgan fingerprint density at radius 1 is 1.44 bits per heavy atom. The predicted molar refractivity (Wildman–Crippen MR) is 68.0 cm³/mol. The van der Waals surface area contributed by atoms with E-state index >= 15 is 0 Å². The van der Waals surface area contributed by atoms with Gasteiger partial charge in [-0.3, -0.25) is 5.32 Å². The van der Waals surface area contributed by atoms with Crippen LogP contribution in [0.3, 0.4) is 0 Å². The van der Waals surface area contributed by atoms with E-state index in [-0.39, 0.29) is 17.9 Å². The normalized spacial score (nSPS) is 9.67. The van der Waals surface area contributed by atoms with Crippen molar-refractivity contribution in [2.45, 2.75) is 13.8 Å². The summed E-state index contributed by atoms with van der Waals surface area (Å²) in [7, 11) is 0. The van der Waals surface area contributed by atoms with Gasteiger partial charge in [0, 0.05) is 0 Å². The molecule has 0 spiro atoms. The molecule has 5 nitrogen and oxygen atoms in total. The van der Waals surface area contributed by atoms with Gasteiger partial charge < -0.3 is 9.84 Å². The Labute approximate surface area is 105 Å². The molecule has 1 rings (SSSR count). The molecule has 0 aliphatic heterocycles.